The van der Waals surface area contributed by atoms with Gasteiger partial charge < -0.3 is 15.4 Å². The molecule has 2 rings (SSSR count). The summed E-state index contributed by atoms with van der Waals surface area (Å²) in [6, 6.07) is 9.72. The molecule has 0 aliphatic carbocycles. The van der Waals surface area contributed by atoms with Crippen molar-refractivity contribution < 1.29 is 9.53 Å². The van der Waals surface area contributed by atoms with Gasteiger partial charge in [-0.15, -0.1) is 12.4 Å². The number of nitrogens with zero attached hydrogens (tertiary/aromatic N) is 1. The molecule has 1 heterocycles. The molecule has 0 radical (unpaired) electrons. The molecule has 112 valence electrons. The van der Waals surface area contributed by atoms with Crippen LogP contribution in [0.3, 0.4) is 0 Å². The summed E-state index contributed by atoms with van der Waals surface area (Å²) in [5.74, 6) is -0.184. The predicted octanol–water partition coefficient (Wildman–Crippen LogP) is 1.79. The number of nitrogens with two attached hydrogens (primary N) is 1. The Kier molecular flexibility index (Phi) is 6.99. The molecule has 0 saturated carbocycles. The minimum absolute atomic E-state index is 0. The van der Waals surface area contributed by atoms with Crippen LogP contribution in [0.5, 0.6) is 0 Å². The molecule has 1 aliphatic heterocycles. The van der Waals surface area contributed by atoms with E-state index in [1.165, 1.54) is 0 Å². The van der Waals surface area contributed by atoms with E-state index >= 15 is 0 Å². The monoisotopic (exact) mass is 298 g/mol. The van der Waals surface area contributed by atoms with Gasteiger partial charge in [0.25, 0.3) is 0 Å². The predicted molar refractivity (Wildman–Crippen MR) is 82.1 cm³/mol. The fourth-order valence-corrected chi connectivity index (χ4v) is 2.51. The normalized spacial score (nSPS) is 19.2. The van der Waals surface area contributed by atoms with E-state index in [0.717, 1.165) is 25.0 Å². The molecule has 0 spiro atoms. The molecule has 5 heteroatoms. The maximum absolute atomic E-state index is 12.5. The Morgan fingerprint density at radius 3 is 2.70 bits per heavy atom. The van der Waals surface area contributed by atoms with Crippen molar-refractivity contribution >= 4 is 18.3 Å². The number of amides is 1. The standard InChI is InChI=1S/C15H22N2O2.ClH/c1-17(11-13-8-5-9-19-13)15(18)14(10-16)12-6-3-2-4-7-12;/h2-4,6-7,13-14H,5,8-11,16H2,1H3;1H. The summed E-state index contributed by atoms with van der Waals surface area (Å²) in [4.78, 5) is 14.2. The molecule has 2 atom stereocenters. The molecule has 2 N–H and O–H groups in total. The topological polar surface area (TPSA) is 55.6 Å². The fraction of sp³-hybridized carbons (Fsp3) is 0.533. The Balaban J connectivity index is 0.00000200. The van der Waals surface area contributed by atoms with Crippen LogP contribution in [0.25, 0.3) is 0 Å². The van der Waals surface area contributed by atoms with E-state index in [1.54, 1.807) is 4.90 Å². The van der Waals surface area contributed by atoms with Crippen molar-refractivity contribution in [2.24, 2.45) is 5.73 Å². The van der Waals surface area contributed by atoms with Gasteiger partial charge in [-0.1, -0.05) is 30.3 Å². The number of likely N-dealkylation sites (N-methyl/N-ethyl adjacent to an activating group) is 1. The van der Waals surface area contributed by atoms with Crippen LogP contribution in [0.15, 0.2) is 30.3 Å². The first-order chi connectivity index (χ1) is 9.22. The number of rotatable bonds is 5. The summed E-state index contributed by atoms with van der Waals surface area (Å²) in [5, 5.41) is 0. The third-order valence-corrected chi connectivity index (χ3v) is 3.61. The summed E-state index contributed by atoms with van der Waals surface area (Å²) < 4.78 is 5.57. The Morgan fingerprint density at radius 2 is 2.15 bits per heavy atom. The third-order valence-electron chi connectivity index (χ3n) is 3.61. The third kappa shape index (κ3) is 4.20. The van der Waals surface area contributed by atoms with E-state index < -0.39 is 0 Å². The zero-order valence-corrected chi connectivity index (χ0v) is 12.6. The van der Waals surface area contributed by atoms with Gasteiger partial charge >= 0.3 is 0 Å². The van der Waals surface area contributed by atoms with Crippen LogP contribution in [-0.2, 0) is 9.53 Å². The van der Waals surface area contributed by atoms with Gasteiger partial charge in [0.1, 0.15) is 0 Å². The molecule has 0 bridgehead atoms. The number of hydrogen-bond acceptors (Lipinski definition) is 3. The molecule has 1 fully saturated rings. The number of hydrogen-bond donors (Lipinski definition) is 1. The second-order valence-electron chi connectivity index (χ2n) is 5.05. The molecule has 1 aromatic carbocycles. The summed E-state index contributed by atoms with van der Waals surface area (Å²) in [6.45, 7) is 1.80. The largest absolute Gasteiger partial charge is 0.376 e. The SMILES string of the molecule is CN(CC1CCCO1)C(=O)C(CN)c1ccccc1.Cl. The number of ether oxygens (including phenoxy) is 1. The average molecular weight is 299 g/mol. The number of halogens is 1. The highest BCUT2D eigenvalue weighted by Gasteiger charge is 2.25. The summed E-state index contributed by atoms with van der Waals surface area (Å²) in [5.41, 5.74) is 6.75. The van der Waals surface area contributed by atoms with Gasteiger partial charge in [0.15, 0.2) is 0 Å². The lowest BCUT2D eigenvalue weighted by Crippen LogP contribution is -2.39. The average Bonchev–Trinajstić information content (AvgIpc) is 2.93. The Hall–Kier alpha value is -1.10. The summed E-state index contributed by atoms with van der Waals surface area (Å²) in [7, 11) is 1.83. The van der Waals surface area contributed by atoms with Crippen LogP contribution < -0.4 is 5.73 Å². The highest BCUT2D eigenvalue weighted by Crippen LogP contribution is 2.19. The Bertz CT molecular complexity index is 408. The van der Waals surface area contributed by atoms with Crippen molar-refractivity contribution in [2.45, 2.75) is 24.9 Å². The number of carbonyl (C=O) groups excluding carboxylic acids is 1. The van der Waals surface area contributed by atoms with Gasteiger partial charge in [-0.05, 0) is 18.4 Å². The zero-order chi connectivity index (χ0) is 13.7. The van der Waals surface area contributed by atoms with Crippen LogP contribution in [0.1, 0.15) is 24.3 Å². The van der Waals surface area contributed by atoms with Crippen molar-refractivity contribution in [3.63, 3.8) is 0 Å². The van der Waals surface area contributed by atoms with Crippen LogP contribution >= 0.6 is 12.4 Å². The van der Waals surface area contributed by atoms with E-state index in [2.05, 4.69) is 0 Å². The van der Waals surface area contributed by atoms with E-state index in [1.807, 2.05) is 37.4 Å². The van der Waals surface area contributed by atoms with E-state index in [0.29, 0.717) is 13.1 Å². The molecule has 4 nitrogen and oxygen atoms in total. The van der Waals surface area contributed by atoms with Gasteiger partial charge in [-0.25, -0.2) is 0 Å². The van der Waals surface area contributed by atoms with Gasteiger partial charge in [0, 0.05) is 26.7 Å². The van der Waals surface area contributed by atoms with Crippen molar-refractivity contribution in [3.8, 4) is 0 Å². The molecule has 0 aromatic heterocycles. The molecule has 1 amide bonds. The molecule has 2 unspecified atom stereocenters. The Morgan fingerprint density at radius 1 is 1.45 bits per heavy atom. The molecule has 1 aliphatic rings. The Labute approximate surface area is 126 Å². The maximum Gasteiger partial charge on any atom is 0.231 e. The summed E-state index contributed by atoms with van der Waals surface area (Å²) in [6.07, 6.45) is 2.31. The first kappa shape index (κ1) is 17.0. The highest BCUT2D eigenvalue weighted by atomic mass is 35.5. The van der Waals surface area contributed by atoms with Gasteiger partial charge in [-0.2, -0.15) is 0 Å². The smallest absolute Gasteiger partial charge is 0.231 e. The van der Waals surface area contributed by atoms with E-state index in [4.69, 9.17) is 10.5 Å². The fourth-order valence-electron chi connectivity index (χ4n) is 2.51. The van der Waals surface area contributed by atoms with Crippen molar-refractivity contribution in [1.29, 1.82) is 0 Å². The van der Waals surface area contributed by atoms with Gasteiger partial charge in [-0.3, -0.25) is 4.79 Å². The first-order valence-electron chi connectivity index (χ1n) is 6.84. The minimum Gasteiger partial charge on any atom is -0.376 e. The second-order valence-corrected chi connectivity index (χ2v) is 5.05. The zero-order valence-electron chi connectivity index (χ0n) is 11.8. The number of carbonyl (C=O) groups is 1. The second kappa shape index (κ2) is 8.25. The van der Waals surface area contributed by atoms with Crippen LogP contribution in [0.2, 0.25) is 0 Å². The van der Waals surface area contributed by atoms with E-state index in [9.17, 15) is 4.79 Å². The minimum atomic E-state index is -0.257. The van der Waals surface area contributed by atoms with Crippen molar-refractivity contribution in [2.75, 3.05) is 26.7 Å². The lowest BCUT2D eigenvalue weighted by Gasteiger charge is -2.25. The van der Waals surface area contributed by atoms with Gasteiger partial charge in [0.2, 0.25) is 5.91 Å². The molecule has 1 aromatic rings. The highest BCUT2D eigenvalue weighted by molar-refractivity contribution is 5.85. The van der Waals surface area contributed by atoms with E-state index in [-0.39, 0.29) is 30.3 Å². The quantitative estimate of drug-likeness (QED) is 0.901. The lowest BCUT2D eigenvalue weighted by atomic mass is 9.98. The van der Waals surface area contributed by atoms with Crippen LogP contribution in [0, 0.1) is 0 Å². The molecular weight excluding hydrogens is 276 g/mol. The molecule has 20 heavy (non-hydrogen) atoms. The number of benzene rings is 1. The van der Waals surface area contributed by atoms with Gasteiger partial charge in [0.05, 0.1) is 12.0 Å². The van der Waals surface area contributed by atoms with Crippen LogP contribution in [-0.4, -0.2) is 43.7 Å². The first-order valence-corrected chi connectivity index (χ1v) is 6.84. The molecule has 1 saturated heterocycles. The lowest BCUT2D eigenvalue weighted by molar-refractivity contribution is -0.132. The maximum atomic E-state index is 12.5. The van der Waals surface area contributed by atoms with Crippen molar-refractivity contribution in [1.82, 2.24) is 4.90 Å². The molecular formula is C15H23ClN2O2. The van der Waals surface area contributed by atoms with Crippen LogP contribution in [0.4, 0.5) is 0 Å². The van der Waals surface area contributed by atoms with Crippen molar-refractivity contribution in [3.05, 3.63) is 35.9 Å². The summed E-state index contributed by atoms with van der Waals surface area (Å²) >= 11 is 0.